The van der Waals surface area contributed by atoms with Crippen LogP contribution in [0.15, 0.2) is 30.5 Å². The maximum absolute atomic E-state index is 12.3. The van der Waals surface area contributed by atoms with Gasteiger partial charge in [0.15, 0.2) is 6.10 Å². The standard InChI is InChI=1S/C17H19NO7/c1-2-24-18-8-10(11-5-3-4-6-12(11)18)7-16(21)15(20)25-14-13(19)9-23-17(14,16)22/h3-6,8,13-14,19,21-22H,2,7,9H2,1H3/t13?,14-,16-,17+/m1/s1. The third kappa shape index (κ3) is 2.12. The second-order valence-electron chi connectivity index (χ2n) is 6.35. The molecule has 0 amide bonds. The van der Waals surface area contributed by atoms with Crippen LogP contribution in [0.25, 0.3) is 10.9 Å². The van der Waals surface area contributed by atoms with Crippen molar-refractivity contribution in [3.05, 3.63) is 36.0 Å². The zero-order valence-corrected chi connectivity index (χ0v) is 13.6. The molecule has 2 fully saturated rings. The van der Waals surface area contributed by atoms with E-state index in [1.54, 1.807) is 10.9 Å². The summed E-state index contributed by atoms with van der Waals surface area (Å²) in [5, 5.41) is 32.3. The number of nitrogens with zero attached hydrogens (tertiary/aromatic N) is 1. The number of para-hydroxylation sites is 1. The lowest BCUT2D eigenvalue weighted by Gasteiger charge is -2.31. The van der Waals surface area contributed by atoms with Crippen molar-refractivity contribution in [1.29, 1.82) is 0 Å². The van der Waals surface area contributed by atoms with Crippen LogP contribution in [0, 0.1) is 0 Å². The van der Waals surface area contributed by atoms with E-state index in [1.165, 1.54) is 0 Å². The lowest BCUT2D eigenvalue weighted by Crippen LogP contribution is -2.59. The highest BCUT2D eigenvalue weighted by molar-refractivity contribution is 5.88. The molecular formula is C17H19NO7. The van der Waals surface area contributed by atoms with Crippen LogP contribution in [0.3, 0.4) is 0 Å². The zero-order valence-electron chi connectivity index (χ0n) is 13.6. The minimum Gasteiger partial charge on any atom is -0.451 e. The minimum absolute atomic E-state index is 0.225. The number of fused-ring (bicyclic) bond motifs is 2. The van der Waals surface area contributed by atoms with Crippen LogP contribution < -0.4 is 4.84 Å². The van der Waals surface area contributed by atoms with Crippen LogP contribution in [-0.2, 0) is 20.7 Å². The summed E-state index contributed by atoms with van der Waals surface area (Å²) in [5.74, 6) is -3.31. The average molecular weight is 349 g/mol. The largest absolute Gasteiger partial charge is 0.451 e. The highest BCUT2D eigenvalue weighted by atomic mass is 16.7. The average Bonchev–Trinajstić information content (AvgIpc) is 3.15. The van der Waals surface area contributed by atoms with Crippen molar-refractivity contribution in [2.24, 2.45) is 0 Å². The van der Waals surface area contributed by atoms with Gasteiger partial charge in [0.1, 0.15) is 12.7 Å². The molecule has 4 atom stereocenters. The number of aromatic nitrogens is 1. The normalized spacial score (nSPS) is 34.3. The number of carbonyl (C=O) groups is 1. The molecule has 0 spiro atoms. The third-order valence-corrected chi connectivity index (χ3v) is 4.85. The smallest absolute Gasteiger partial charge is 0.344 e. The van der Waals surface area contributed by atoms with Gasteiger partial charge in [0.25, 0.3) is 0 Å². The van der Waals surface area contributed by atoms with Crippen molar-refractivity contribution < 1.29 is 34.4 Å². The first-order valence-corrected chi connectivity index (χ1v) is 8.11. The first-order valence-electron chi connectivity index (χ1n) is 8.11. The van der Waals surface area contributed by atoms with Crippen LogP contribution in [0.5, 0.6) is 0 Å². The third-order valence-electron chi connectivity index (χ3n) is 4.85. The van der Waals surface area contributed by atoms with E-state index in [2.05, 4.69) is 0 Å². The van der Waals surface area contributed by atoms with Crippen molar-refractivity contribution >= 4 is 16.9 Å². The number of aliphatic hydroxyl groups excluding tert-OH is 1. The molecule has 1 aromatic carbocycles. The number of ether oxygens (including phenoxy) is 2. The molecule has 2 saturated heterocycles. The Balaban J connectivity index is 1.77. The monoisotopic (exact) mass is 349 g/mol. The van der Waals surface area contributed by atoms with E-state index in [9.17, 15) is 20.1 Å². The van der Waals surface area contributed by atoms with E-state index >= 15 is 0 Å². The van der Waals surface area contributed by atoms with Gasteiger partial charge in [-0.2, -0.15) is 4.73 Å². The van der Waals surface area contributed by atoms with E-state index < -0.39 is 29.6 Å². The molecule has 8 heteroatoms. The minimum atomic E-state index is -2.32. The van der Waals surface area contributed by atoms with Gasteiger partial charge >= 0.3 is 5.97 Å². The molecule has 8 nitrogen and oxygen atoms in total. The molecule has 2 aliphatic rings. The van der Waals surface area contributed by atoms with Gasteiger partial charge in [-0.05, 0) is 18.6 Å². The second-order valence-corrected chi connectivity index (χ2v) is 6.35. The maximum Gasteiger partial charge on any atom is 0.344 e. The molecule has 3 heterocycles. The molecular weight excluding hydrogens is 330 g/mol. The first-order chi connectivity index (χ1) is 11.9. The predicted octanol–water partition coefficient (Wildman–Crippen LogP) is -0.631. The summed E-state index contributed by atoms with van der Waals surface area (Å²) in [4.78, 5) is 17.8. The van der Waals surface area contributed by atoms with E-state index in [-0.39, 0.29) is 13.0 Å². The highest BCUT2D eigenvalue weighted by Crippen LogP contribution is 2.45. The fourth-order valence-electron chi connectivity index (χ4n) is 3.59. The Hall–Kier alpha value is -2.13. The topological polar surface area (TPSA) is 110 Å². The molecule has 0 bridgehead atoms. The Labute approximate surface area is 143 Å². The summed E-state index contributed by atoms with van der Waals surface area (Å²) in [7, 11) is 0. The van der Waals surface area contributed by atoms with E-state index in [0.29, 0.717) is 12.2 Å². The van der Waals surface area contributed by atoms with E-state index in [4.69, 9.17) is 14.3 Å². The lowest BCUT2D eigenvalue weighted by molar-refractivity contribution is -0.262. The van der Waals surface area contributed by atoms with Gasteiger partial charge < -0.3 is 29.6 Å². The number of hydrogen-bond donors (Lipinski definition) is 3. The van der Waals surface area contributed by atoms with Crippen molar-refractivity contribution in [2.45, 2.75) is 36.9 Å². The molecule has 1 aromatic heterocycles. The molecule has 0 radical (unpaired) electrons. The van der Waals surface area contributed by atoms with Crippen LogP contribution in [0.1, 0.15) is 12.5 Å². The number of benzene rings is 1. The summed E-state index contributed by atoms with van der Waals surface area (Å²) < 4.78 is 11.7. The van der Waals surface area contributed by atoms with Crippen molar-refractivity contribution in [1.82, 2.24) is 4.73 Å². The number of aliphatic hydroxyl groups is 3. The Morgan fingerprint density at radius 3 is 2.88 bits per heavy atom. The van der Waals surface area contributed by atoms with Crippen LogP contribution in [-0.4, -0.2) is 62.8 Å². The first kappa shape index (κ1) is 16.3. The summed E-state index contributed by atoms with van der Waals surface area (Å²) in [5.41, 5.74) is -0.969. The SMILES string of the molecule is CCOn1cc(C[C@@]2(O)C(=O)O[C@@H]3C(O)CO[C@@]32O)c2ccccc21. The molecule has 4 rings (SSSR count). The van der Waals surface area contributed by atoms with Crippen LogP contribution >= 0.6 is 0 Å². The molecule has 0 aliphatic carbocycles. The molecule has 0 saturated carbocycles. The number of esters is 1. The molecule has 2 aliphatic heterocycles. The van der Waals surface area contributed by atoms with Crippen LogP contribution in [0.4, 0.5) is 0 Å². The number of carbonyl (C=O) groups excluding carboxylic acids is 1. The molecule has 134 valence electrons. The van der Waals surface area contributed by atoms with Gasteiger partial charge in [-0.3, -0.25) is 0 Å². The summed E-state index contributed by atoms with van der Waals surface area (Å²) in [6, 6.07) is 7.35. The van der Waals surface area contributed by atoms with Gasteiger partial charge in [-0.1, -0.05) is 18.2 Å². The summed E-state index contributed by atoms with van der Waals surface area (Å²) in [6.45, 7) is 2.06. The number of hydrogen-bond acceptors (Lipinski definition) is 7. The van der Waals surface area contributed by atoms with Crippen molar-refractivity contribution in [2.75, 3.05) is 13.2 Å². The fraction of sp³-hybridized carbons (Fsp3) is 0.471. The Morgan fingerprint density at radius 1 is 1.36 bits per heavy atom. The lowest BCUT2D eigenvalue weighted by atomic mass is 9.85. The van der Waals surface area contributed by atoms with E-state index in [0.717, 1.165) is 10.9 Å². The summed E-state index contributed by atoms with van der Waals surface area (Å²) in [6.07, 6.45) is -1.09. The molecule has 25 heavy (non-hydrogen) atoms. The van der Waals surface area contributed by atoms with Gasteiger partial charge in [0.2, 0.25) is 11.4 Å². The fourth-order valence-corrected chi connectivity index (χ4v) is 3.59. The van der Waals surface area contributed by atoms with Gasteiger partial charge in [0, 0.05) is 18.0 Å². The Bertz CT molecular complexity index is 834. The Morgan fingerprint density at radius 2 is 2.12 bits per heavy atom. The highest BCUT2D eigenvalue weighted by Gasteiger charge is 2.73. The molecule has 2 aromatic rings. The maximum atomic E-state index is 12.3. The molecule has 1 unspecified atom stereocenters. The van der Waals surface area contributed by atoms with Crippen molar-refractivity contribution in [3.63, 3.8) is 0 Å². The Kier molecular flexibility index (Phi) is 3.55. The van der Waals surface area contributed by atoms with E-state index in [1.807, 2.05) is 31.2 Å². The van der Waals surface area contributed by atoms with Gasteiger partial charge in [0.05, 0.1) is 12.1 Å². The van der Waals surface area contributed by atoms with Gasteiger partial charge in [-0.25, -0.2) is 4.79 Å². The van der Waals surface area contributed by atoms with Crippen LogP contribution in [0.2, 0.25) is 0 Å². The molecule has 3 N–H and O–H groups in total. The van der Waals surface area contributed by atoms with Crippen molar-refractivity contribution in [3.8, 4) is 0 Å². The predicted molar refractivity (Wildman–Crippen MR) is 84.5 cm³/mol. The second kappa shape index (κ2) is 5.43. The zero-order chi connectivity index (χ0) is 17.8. The summed E-state index contributed by atoms with van der Waals surface area (Å²) >= 11 is 0. The van der Waals surface area contributed by atoms with Gasteiger partial charge in [-0.15, -0.1) is 0 Å². The quantitative estimate of drug-likeness (QED) is 0.630. The number of rotatable bonds is 4.